The van der Waals surface area contributed by atoms with Gasteiger partial charge < -0.3 is 4.90 Å². The number of rotatable bonds is 5. The minimum atomic E-state index is -3.54. The van der Waals surface area contributed by atoms with Gasteiger partial charge in [0, 0.05) is 32.4 Å². The van der Waals surface area contributed by atoms with Crippen LogP contribution in [0.1, 0.15) is 42.2 Å². The first-order valence-corrected chi connectivity index (χ1v) is 10.3. The van der Waals surface area contributed by atoms with Crippen LogP contribution in [0.15, 0.2) is 41.4 Å². The number of sulfonamides is 1. The molecule has 0 radical (unpaired) electrons. The van der Waals surface area contributed by atoms with Gasteiger partial charge in [0.25, 0.3) is 5.91 Å². The molecule has 1 aliphatic rings. The molecule has 1 atom stereocenters. The summed E-state index contributed by atoms with van der Waals surface area (Å²) in [6, 6.07) is 8.75. The average Bonchev–Trinajstić information content (AvgIpc) is 3.21. The van der Waals surface area contributed by atoms with Crippen molar-refractivity contribution < 1.29 is 13.2 Å². The van der Waals surface area contributed by atoms with E-state index in [1.807, 2.05) is 12.1 Å². The van der Waals surface area contributed by atoms with Gasteiger partial charge in [-0.05, 0) is 36.1 Å². The summed E-state index contributed by atoms with van der Waals surface area (Å²) in [7, 11) is -3.54. The Bertz CT molecular complexity index is 839. The summed E-state index contributed by atoms with van der Waals surface area (Å²) in [5, 5.41) is 6.43. The van der Waals surface area contributed by atoms with Crippen LogP contribution in [0.3, 0.4) is 0 Å². The highest BCUT2D eigenvalue weighted by Crippen LogP contribution is 2.23. The Balaban J connectivity index is 1.67. The molecule has 1 unspecified atom stereocenters. The summed E-state index contributed by atoms with van der Waals surface area (Å²) < 4.78 is 27.1. The van der Waals surface area contributed by atoms with Crippen molar-refractivity contribution in [2.24, 2.45) is 0 Å². The van der Waals surface area contributed by atoms with Crippen molar-refractivity contribution >= 4 is 15.9 Å². The molecule has 1 N–H and O–H groups in total. The summed E-state index contributed by atoms with van der Waals surface area (Å²) in [5.41, 5.74) is 1.56. The molecular weight excluding hydrogens is 352 g/mol. The van der Waals surface area contributed by atoms with Gasteiger partial charge in [0.15, 0.2) is 0 Å². The minimum Gasteiger partial charge on any atom is -0.335 e. The number of hydrogen-bond donors (Lipinski definition) is 1. The molecule has 7 nitrogen and oxygen atoms in total. The second-order valence-electron chi connectivity index (χ2n) is 6.54. The van der Waals surface area contributed by atoms with E-state index < -0.39 is 10.0 Å². The maximum absolute atomic E-state index is 12.8. The molecule has 140 valence electrons. The van der Waals surface area contributed by atoms with E-state index in [9.17, 15) is 13.2 Å². The van der Waals surface area contributed by atoms with E-state index in [-0.39, 0.29) is 19.0 Å². The molecule has 0 saturated carbocycles. The van der Waals surface area contributed by atoms with E-state index in [2.05, 4.69) is 24.0 Å². The van der Waals surface area contributed by atoms with Crippen LogP contribution >= 0.6 is 0 Å². The molecule has 0 bridgehead atoms. The predicted octanol–water partition coefficient (Wildman–Crippen LogP) is 2.07. The Morgan fingerprint density at radius 3 is 2.35 bits per heavy atom. The van der Waals surface area contributed by atoms with E-state index in [1.165, 1.54) is 10.5 Å². The summed E-state index contributed by atoms with van der Waals surface area (Å²) in [6.07, 6.45) is 2.54. The number of nitrogens with one attached hydrogen (secondary N) is 1. The van der Waals surface area contributed by atoms with Crippen LogP contribution in [-0.4, -0.2) is 59.9 Å². The molecule has 1 amide bonds. The van der Waals surface area contributed by atoms with E-state index in [0.717, 1.165) is 12.0 Å². The molecule has 2 heterocycles. The van der Waals surface area contributed by atoms with Gasteiger partial charge in [0.05, 0.1) is 4.90 Å². The number of benzene rings is 1. The zero-order valence-corrected chi connectivity index (χ0v) is 15.9. The first kappa shape index (κ1) is 18.6. The van der Waals surface area contributed by atoms with E-state index in [1.54, 1.807) is 23.1 Å². The fourth-order valence-corrected chi connectivity index (χ4v) is 4.45. The highest BCUT2D eigenvalue weighted by Gasteiger charge is 2.30. The number of aromatic nitrogens is 2. The summed E-state index contributed by atoms with van der Waals surface area (Å²) in [6.45, 7) is 5.54. The van der Waals surface area contributed by atoms with Gasteiger partial charge in [-0.15, -0.1) is 0 Å². The molecule has 8 heteroatoms. The van der Waals surface area contributed by atoms with Crippen molar-refractivity contribution in [2.45, 2.75) is 31.1 Å². The third-order valence-corrected chi connectivity index (χ3v) is 6.87. The van der Waals surface area contributed by atoms with Crippen molar-refractivity contribution in [1.29, 1.82) is 0 Å². The van der Waals surface area contributed by atoms with Gasteiger partial charge in [-0.2, -0.15) is 9.40 Å². The van der Waals surface area contributed by atoms with Crippen molar-refractivity contribution in [3.8, 4) is 0 Å². The number of carbonyl (C=O) groups is 1. The Morgan fingerprint density at radius 2 is 1.81 bits per heavy atom. The number of carbonyl (C=O) groups excluding carboxylic acids is 1. The molecule has 0 spiro atoms. The zero-order chi connectivity index (χ0) is 18.7. The maximum Gasteiger partial charge on any atom is 0.271 e. The Kier molecular flexibility index (Phi) is 5.43. The first-order valence-electron chi connectivity index (χ1n) is 8.82. The Morgan fingerprint density at radius 1 is 1.15 bits per heavy atom. The fourth-order valence-electron chi connectivity index (χ4n) is 3.03. The zero-order valence-electron chi connectivity index (χ0n) is 15.1. The molecule has 3 rings (SSSR count). The molecule has 26 heavy (non-hydrogen) atoms. The monoisotopic (exact) mass is 376 g/mol. The van der Waals surface area contributed by atoms with E-state index in [4.69, 9.17) is 0 Å². The third-order valence-electron chi connectivity index (χ3n) is 4.96. The van der Waals surface area contributed by atoms with Crippen molar-refractivity contribution in [2.75, 3.05) is 26.2 Å². The topological polar surface area (TPSA) is 86.4 Å². The predicted molar refractivity (Wildman–Crippen MR) is 98.4 cm³/mol. The van der Waals surface area contributed by atoms with Crippen LogP contribution in [0.25, 0.3) is 0 Å². The van der Waals surface area contributed by atoms with Crippen LogP contribution in [0.4, 0.5) is 0 Å². The lowest BCUT2D eigenvalue weighted by Crippen LogP contribution is -2.50. The van der Waals surface area contributed by atoms with Gasteiger partial charge in [-0.25, -0.2) is 8.42 Å². The lowest BCUT2D eigenvalue weighted by Gasteiger charge is -2.33. The van der Waals surface area contributed by atoms with Crippen LogP contribution in [0.2, 0.25) is 0 Å². The molecule has 2 aromatic rings. The Labute approximate surface area is 154 Å². The molecule has 1 fully saturated rings. The standard InChI is InChI=1S/C18H24N4O3S/c1-3-14(2)15-4-6-16(7-5-15)26(24,25)22-12-10-21(11-13-22)18(23)17-8-9-19-20-17/h4-9,14H,3,10-13H2,1-2H3,(H,19,20). The van der Waals surface area contributed by atoms with E-state index in [0.29, 0.717) is 29.6 Å². The lowest BCUT2D eigenvalue weighted by atomic mass is 9.99. The average molecular weight is 376 g/mol. The smallest absolute Gasteiger partial charge is 0.271 e. The third kappa shape index (κ3) is 3.66. The SMILES string of the molecule is CCC(C)c1ccc(S(=O)(=O)N2CCN(C(=O)c3ccn[nH]3)CC2)cc1. The van der Waals surface area contributed by atoms with Gasteiger partial charge in [-0.3, -0.25) is 9.89 Å². The molecule has 1 aliphatic heterocycles. The van der Waals surface area contributed by atoms with Gasteiger partial charge in [0.1, 0.15) is 5.69 Å². The highest BCUT2D eigenvalue weighted by molar-refractivity contribution is 7.89. The fraction of sp³-hybridized carbons (Fsp3) is 0.444. The molecule has 1 aromatic heterocycles. The number of amides is 1. The molecule has 0 aliphatic carbocycles. The second kappa shape index (κ2) is 7.59. The van der Waals surface area contributed by atoms with Crippen molar-refractivity contribution in [3.05, 3.63) is 47.8 Å². The number of aromatic amines is 1. The summed E-state index contributed by atoms with van der Waals surface area (Å²) >= 11 is 0. The molecular formula is C18H24N4O3S. The van der Waals surface area contributed by atoms with Gasteiger partial charge >= 0.3 is 0 Å². The molecule has 1 saturated heterocycles. The van der Waals surface area contributed by atoms with Gasteiger partial charge in [0.2, 0.25) is 10.0 Å². The number of piperazine rings is 1. The lowest BCUT2D eigenvalue weighted by molar-refractivity contribution is 0.0692. The van der Waals surface area contributed by atoms with Crippen LogP contribution in [0.5, 0.6) is 0 Å². The van der Waals surface area contributed by atoms with Crippen molar-refractivity contribution in [3.63, 3.8) is 0 Å². The van der Waals surface area contributed by atoms with E-state index >= 15 is 0 Å². The number of nitrogens with zero attached hydrogens (tertiary/aromatic N) is 3. The summed E-state index contributed by atoms with van der Waals surface area (Å²) in [5.74, 6) is 0.251. The number of H-pyrrole nitrogens is 1. The first-order chi connectivity index (χ1) is 12.4. The quantitative estimate of drug-likeness (QED) is 0.865. The number of hydrogen-bond acceptors (Lipinski definition) is 4. The maximum atomic E-state index is 12.8. The summed E-state index contributed by atoms with van der Waals surface area (Å²) in [4.78, 5) is 14.3. The van der Waals surface area contributed by atoms with Gasteiger partial charge in [-0.1, -0.05) is 26.0 Å². The second-order valence-corrected chi connectivity index (χ2v) is 8.48. The van der Waals surface area contributed by atoms with Crippen LogP contribution in [-0.2, 0) is 10.0 Å². The van der Waals surface area contributed by atoms with Crippen molar-refractivity contribution in [1.82, 2.24) is 19.4 Å². The minimum absolute atomic E-state index is 0.155. The van der Waals surface area contributed by atoms with Crippen LogP contribution < -0.4 is 0 Å². The van der Waals surface area contributed by atoms with Crippen LogP contribution in [0, 0.1) is 0 Å². The molecule has 1 aromatic carbocycles. The largest absolute Gasteiger partial charge is 0.335 e. The normalized spacial score (nSPS) is 17.2. The Hall–Kier alpha value is -2.19. The highest BCUT2D eigenvalue weighted by atomic mass is 32.2.